The van der Waals surface area contributed by atoms with Gasteiger partial charge in [0, 0.05) is 18.0 Å². The average molecular weight is 229 g/mol. The Labute approximate surface area is 92.6 Å². The number of ether oxygens (including phenoxy) is 1. The van der Waals surface area contributed by atoms with Crippen molar-refractivity contribution in [3.63, 3.8) is 0 Å². The second-order valence-electron chi connectivity index (χ2n) is 3.09. The van der Waals surface area contributed by atoms with Crippen LogP contribution in [0.3, 0.4) is 0 Å². The molecule has 0 bridgehead atoms. The third-order valence-corrected chi connectivity index (χ3v) is 2.88. The van der Waals surface area contributed by atoms with Crippen LogP contribution in [-0.4, -0.2) is 24.2 Å². The van der Waals surface area contributed by atoms with Gasteiger partial charge in [-0.2, -0.15) is 0 Å². The van der Waals surface area contributed by atoms with Crippen molar-refractivity contribution in [1.29, 1.82) is 0 Å². The lowest BCUT2D eigenvalue weighted by Gasteiger charge is -2.03. The van der Waals surface area contributed by atoms with Crippen LogP contribution in [0.5, 0.6) is 0 Å². The standard InChI is InChI=1S/C9H15N3O2S/c1-6-8(15-7(2)12-6)5-11-3-4-14-9(10)13/h11H,3-5H2,1-2H3,(H2,10,13). The van der Waals surface area contributed by atoms with Gasteiger partial charge in [0.15, 0.2) is 0 Å². The van der Waals surface area contributed by atoms with Gasteiger partial charge in [0.05, 0.1) is 10.7 Å². The Balaban J connectivity index is 2.20. The average Bonchev–Trinajstić information content (AvgIpc) is 2.44. The first-order valence-electron chi connectivity index (χ1n) is 4.65. The minimum absolute atomic E-state index is 0.298. The van der Waals surface area contributed by atoms with Gasteiger partial charge < -0.3 is 15.8 Å². The van der Waals surface area contributed by atoms with Crippen molar-refractivity contribution in [2.45, 2.75) is 20.4 Å². The first-order chi connectivity index (χ1) is 7.09. The molecule has 15 heavy (non-hydrogen) atoms. The van der Waals surface area contributed by atoms with Crippen molar-refractivity contribution in [2.75, 3.05) is 13.2 Å². The van der Waals surface area contributed by atoms with E-state index in [-0.39, 0.29) is 0 Å². The number of carbonyl (C=O) groups excluding carboxylic acids is 1. The molecule has 0 aliphatic carbocycles. The number of rotatable bonds is 5. The lowest BCUT2D eigenvalue weighted by molar-refractivity contribution is 0.157. The monoisotopic (exact) mass is 229 g/mol. The number of nitrogens with one attached hydrogen (secondary N) is 1. The molecule has 3 N–H and O–H groups in total. The maximum Gasteiger partial charge on any atom is 0.404 e. The molecular weight excluding hydrogens is 214 g/mol. The molecule has 0 radical (unpaired) electrons. The van der Waals surface area contributed by atoms with Crippen molar-refractivity contribution >= 4 is 17.4 Å². The molecule has 0 saturated carbocycles. The number of nitrogens with zero attached hydrogens (tertiary/aromatic N) is 1. The molecule has 0 unspecified atom stereocenters. The fourth-order valence-corrected chi connectivity index (χ4v) is 2.07. The summed E-state index contributed by atoms with van der Waals surface area (Å²) in [6.45, 7) is 5.61. The topological polar surface area (TPSA) is 77.2 Å². The van der Waals surface area contributed by atoms with Crippen LogP contribution in [0.15, 0.2) is 0 Å². The van der Waals surface area contributed by atoms with Crippen LogP contribution in [0.25, 0.3) is 0 Å². The number of carbonyl (C=O) groups is 1. The lowest BCUT2D eigenvalue weighted by Crippen LogP contribution is -2.23. The second-order valence-corrected chi connectivity index (χ2v) is 4.37. The van der Waals surface area contributed by atoms with Gasteiger partial charge in [-0.3, -0.25) is 0 Å². The third-order valence-electron chi connectivity index (χ3n) is 1.81. The smallest absolute Gasteiger partial charge is 0.404 e. The predicted molar refractivity (Wildman–Crippen MR) is 58.8 cm³/mol. The fourth-order valence-electron chi connectivity index (χ4n) is 1.16. The zero-order chi connectivity index (χ0) is 11.3. The van der Waals surface area contributed by atoms with Gasteiger partial charge in [0.25, 0.3) is 0 Å². The summed E-state index contributed by atoms with van der Waals surface area (Å²) in [5.41, 5.74) is 5.87. The maximum absolute atomic E-state index is 10.3. The predicted octanol–water partition coefficient (Wildman–Crippen LogP) is 0.945. The molecule has 0 spiro atoms. The molecule has 1 heterocycles. The van der Waals surface area contributed by atoms with Crippen LogP contribution < -0.4 is 11.1 Å². The maximum atomic E-state index is 10.3. The first-order valence-corrected chi connectivity index (χ1v) is 5.47. The van der Waals surface area contributed by atoms with Gasteiger partial charge >= 0.3 is 6.09 Å². The Kier molecular flexibility index (Phi) is 4.51. The Bertz CT molecular complexity index is 338. The second kappa shape index (κ2) is 5.67. The molecule has 0 aromatic carbocycles. The van der Waals surface area contributed by atoms with Gasteiger partial charge in [0.2, 0.25) is 0 Å². The van der Waals surface area contributed by atoms with E-state index in [1.165, 1.54) is 4.88 Å². The quantitative estimate of drug-likeness (QED) is 0.737. The molecule has 0 fully saturated rings. The molecular formula is C9H15N3O2S. The Morgan fingerprint density at radius 1 is 1.60 bits per heavy atom. The number of hydrogen-bond donors (Lipinski definition) is 2. The molecule has 0 aliphatic rings. The first kappa shape index (κ1) is 11.9. The van der Waals surface area contributed by atoms with Crippen LogP contribution >= 0.6 is 11.3 Å². The summed E-state index contributed by atoms with van der Waals surface area (Å²) in [5, 5.41) is 4.22. The minimum atomic E-state index is -0.735. The van der Waals surface area contributed by atoms with Crippen LogP contribution in [-0.2, 0) is 11.3 Å². The summed E-state index contributed by atoms with van der Waals surface area (Å²) in [4.78, 5) is 15.8. The van der Waals surface area contributed by atoms with Gasteiger partial charge in [-0.25, -0.2) is 9.78 Å². The van der Waals surface area contributed by atoms with Gasteiger partial charge in [-0.05, 0) is 13.8 Å². The highest BCUT2D eigenvalue weighted by molar-refractivity contribution is 7.11. The van der Waals surface area contributed by atoms with Gasteiger partial charge in [-0.1, -0.05) is 0 Å². The summed E-state index contributed by atoms with van der Waals surface area (Å²) in [6, 6.07) is 0. The zero-order valence-corrected chi connectivity index (χ0v) is 9.69. The van der Waals surface area contributed by atoms with Crippen molar-refractivity contribution < 1.29 is 9.53 Å². The molecule has 0 aliphatic heterocycles. The van der Waals surface area contributed by atoms with E-state index in [2.05, 4.69) is 15.0 Å². The van der Waals surface area contributed by atoms with E-state index in [1.54, 1.807) is 11.3 Å². The van der Waals surface area contributed by atoms with E-state index < -0.39 is 6.09 Å². The summed E-state index contributed by atoms with van der Waals surface area (Å²) in [6.07, 6.45) is -0.735. The number of hydrogen-bond acceptors (Lipinski definition) is 5. The van der Waals surface area contributed by atoms with Gasteiger partial charge in [-0.15, -0.1) is 11.3 Å². The van der Waals surface area contributed by atoms with E-state index >= 15 is 0 Å². The highest BCUT2D eigenvalue weighted by Gasteiger charge is 2.03. The highest BCUT2D eigenvalue weighted by Crippen LogP contribution is 2.16. The summed E-state index contributed by atoms with van der Waals surface area (Å²) in [5.74, 6) is 0. The highest BCUT2D eigenvalue weighted by atomic mass is 32.1. The van der Waals surface area contributed by atoms with Crippen LogP contribution in [0.1, 0.15) is 15.6 Å². The van der Waals surface area contributed by atoms with E-state index in [0.717, 1.165) is 17.2 Å². The molecule has 1 amide bonds. The molecule has 6 heteroatoms. The number of aromatic nitrogens is 1. The van der Waals surface area contributed by atoms with Crippen LogP contribution in [0, 0.1) is 13.8 Å². The summed E-state index contributed by atoms with van der Waals surface area (Å²) >= 11 is 1.67. The van der Waals surface area contributed by atoms with Crippen LogP contribution in [0.2, 0.25) is 0 Å². The Morgan fingerprint density at radius 2 is 2.33 bits per heavy atom. The van der Waals surface area contributed by atoms with E-state index in [1.807, 2.05) is 13.8 Å². The molecule has 5 nitrogen and oxygen atoms in total. The molecule has 1 aromatic rings. The molecule has 0 saturated heterocycles. The largest absolute Gasteiger partial charge is 0.448 e. The van der Waals surface area contributed by atoms with Crippen molar-refractivity contribution in [3.8, 4) is 0 Å². The van der Waals surface area contributed by atoms with Gasteiger partial charge in [0.1, 0.15) is 6.61 Å². The normalized spacial score (nSPS) is 10.3. The summed E-state index contributed by atoms with van der Waals surface area (Å²) < 4.78 is 4.58. The SMILES string of the molecule is Cc1nc(C)c(CNCCOC(N)=O)s1. The molecule has 84 valence electrons. The fraction of sp³-hybridized carbons (Fsp3) is 0.556. The van der Waals surface area contributed by atoms with Crippen molar-refractivity contribution in [1.82, 2.24) is 10.3 Å². The third kappa shape index (κ3) is 4.26. The van der Waals surface area contributed by atoms with Crippen LogP contribution in [0.4, 0.5) is 4.79 Å². The van der Waals surface area contributed by atoms with E-state index in [0.29, 0.717) is 13.2 Å². The van der Waals surface area contributed by atoms with Crippen molar-refractivity contribution in [3.05, 3.63) is 15.6 Å². The lowest BCUT2D eigenvalue weighted by atomic mass is 10.4. The van der Waals surface area contributed by atoms with Crippen molar-refractivity contribution in [2.24, 2.45) is 5.73 Å². The Hall–Kier alpha value is -1.14. The number of thiazole rings is 1. The van der Waals surface area contributed by atoms with E-state index in [9.17, 15) is 4.79 Å². The molecule has 0 atom stereocenters. The number of aryl methyl sites for hydroxylation is 2. The number of primary amides is 1. The summed E-state index contributed by atoms with van der Waals surface area (Å²) in [7, 11) is 0. The molecule has 1 rings (SSSR count). The zero-order valence-electron chi connectivity index (χ0n) is 8.87. The minimum Gasteiger partial charge on any atom is -0.448 e. The number of nitrogens with two attached hydrogens (primary N) is 1. The number of amides is 1. The molecule has 1 aromatic heterocycles. The van der Waals surface area contributed by atoms with E-state index in [4.69, 9.17) is 5.73 Å². The Morgan fingerprint density at radius 3 is 2.87 bits per heavy atom.